The molecule has 3 rings (SSSR count). The molecule has 5 nitrogen and oxygen atoms in total. The first-order valence-electron chi connectivity index (χ1n) is 10.1. The van der Waals surface area contributed by atoms with Gasteiger partial charge in [0.15, 0.2) is 0 Å². The number of likely N-dealkylation sites (tertiary alicyclic amines) is 1. The number of hydrogen-bond acceptors (Lipinski definition) is 4. The predicted molar refractivity (Wildman–Crippen MR) is 121 cm³/mol. The maximum Gasteiger partial charge on any atom is 0.307 e. The zero-order valence-corrected chi connectivity index (χ0v) is 18.4. The van der Waals surface area contributed by atoms with E-state index < -0.39 is 5.97 Å². The lowest BCUT2D eigenvalue weighted by Crippen LogP contribution is -2.40. The van der Waals surface area contributed by atoms with Gasteiger partial charge in [-0.15, -0.1) is 12.4 Å². The van der Waals surface area contributed by atoms with Crippen molar-refractivity contribution in [3.63, 3.8) is 0 Å². The second-order valence-corrected chi connectivity index (χ2v) is 7.43. The molecular formula is C24H30ClNO4. The van der Waals surface area contributed by atoms with Crippen LogP contribution in [0.1, 0.15) is 29.5 Å². The van der Waals surface area contributed by atoms with Crippen molar-refractivity contribution in [3.8, 4) is 5.75 Å². The predicted octanol–water partition coefficient (Wildman–Crippen LogP) is 4.63. The fourth-order valence-corrected chi connectivity index (χ4v) is 3.74. The van der Waals surface area contributed by atoms with E-state index in [4.69, 9.17) is 9.47 Å². The highest BCUT2D eigenvalue weighted by Gasteiger charge is 2.24. The molecule has 0 aliphatic carbocycles. The molecule has 1 fully saturated rings. The van der Waals surface area contributed by atoms with Gasteiger partial charge in [-0.3, -0.25) is 9.69 Å². The molecule has 1 aliphatic rings. The van der Waals surface area contributed by atoms with E-state index in [2.05, 4.69) is 24.0 Å². The minimum absolute atomic E-state index is 0. The fraction of sp³-hybridized carbons (Fsp3) is 0.375. The fourth-order valence-electron chi connectivity index (χ4n) is 3.74. The quantitative estimate of drug-likeness (QED) is 0.488. The largest absolute Gasteiger partial charge is 0.499 e. The Labute approximate surface area is 184 Å². The number of halogens is 1. The van der Waals surface area contributed by atoms with Crippen molar-refractivity contribution in [3.05, 3.63) is 71.5 Å². The molecule has 2 aromatic carbocycles. The summed E-state index contributed by atoms with van der Waals surface area (Å²) in [6.45, 7) is 4.86. The molecule has 0 saturated carbocycles. The number of aryl methyl sites for hydroxylation is 1. The Morgan fingerprint density at radius 3 is 2.77 bits per heavy atom. The van der Waals surface area contributed by atoms with Gasteiger partial charge >= 0.3 is 5.97 Å². The van der Waals surface area contributed by atoms with Gasteiger partial charge in [0.05, 0.1) is 19.3 Å². The Morgan fingerprint density at radius 1 is 1.23 bits per heavy atom. The van der Waals surface area contributed by atoms with Crippen LogP contribution in [0.4, 0.5) is 0 Å². The van der Waals surface area contributed by atoms with Crippen LogP contribution in [0.25, 0.3) is 5.57 Å². The zero-order chi connectivity index (χ0) is 20.6. The maximum atomic E-state index is 11.2. The summed E-state index contributed by atoms with van der Waals surface area (Å²) in [6, 6.07) is 16.2. The van der Waals surface area contributed by atoms with E-state index in [-0.39, 0.29) is 18.3 Å². The summed E-state index contributed by atoms with van der Waals surface area (Å²) in [6.07, 6.45) is 3.50. The molecule has 6 heteroatoms. The van der Waals surface area contributed by atoms with Crippen LogP contribution < -0.4 is 4.74 Å². The van der Waals surface area contributed by atoms with Crippen LogP contribution in [0.15, 0.2) is 54.8 Å². The second kappa shape index (κ2) is 11.6. The molecule has 1 N–H and O–H groups in total. The number of benzene rings is 2. The zero-order valence-electron chi connectivity index (χ0n) is 17.5. The Balaban J connectivity index is 0.00000320. The number of rotatable bonds is 8. The topological polar surface area (TPSA) is 59.0 Å². The third kappa shape index (κ3) is 6.25. The first-order chi connectivity index (χ1) is 14.1. The van der Waals surface area contributed by atoms with Gasteiger partial charge in [0.1, 0.15) is 12.4 Å². The van der Waals surface area contributed by atoms with Crippen molar-refractivity contribution in [2.24, 2.45) is 5.92 Å². The van der Waals surface area contributed by atoms with Gasteiger partial charge in [-0.1, -0.05) is 36.4 Å². The number of piperidine rings is 1. The number of hydrogen-bond donors (Lipinski definition) is 1. The van der Waals surface area contributed by atoms with Crippen molar-refractivity contribution in [1.82, 2.24) is 4.90 Å². The average molecular weight is 432 g/mol. The number of carboxylic acids is 1. The van der Waals surface area contributed by atoms with Crippen LogP contribution in [0, 0.1) is 12.8 Å². The number of ether oxygens (including phenoxy) is 2. The van der Waals surface area contributed by atoms with E-state index in [0.717, 1.165) is 48.4 Å². The summed E-state index contributed by atoms with van der Waals surface area (Å²) in [5.74, 6) is -0.163. The lowest BCUT2D eigenvalue weighted by Gasteiger charge is -2.30. The highest BCUT2D eigenvalue weighted by Crippen LogP contribution is 2.28. The summed E-state index contributed by atoms with van der Waals surface area (Å²) < 4.78 is 11.3. The van der Waals surface area contributed by atoms with Crippen molar-refractivity contribution in [1.29, 1.82) is 0 Å². The number of nitrogens with zero attached hydrogens (tertiary/aromatic N) is 1. The molecule has 30 heavy (non-hydrogen) atoms. The Hall–Kier alpha value is -2.50. The Morgan fingerprint density at radius 2 is 2.03 bits per heavy atom. The summed E-state index contributed by atoms with van der Waals surface area (Å²) in [4.78, 5) is 13.4. The molecule has 0 bridgehead atoms. The highest BCUT2D eigenvalue weighted by molar-refractivity contribution is 5.85. The van der Waals surface area contributed by atoms with Gasteiger partial charge in [-0.25, -0.2) is 0 Å². The standard InChI is InChI=1S/C24H29NO4.ClH/c1-18-7-3-4-11-22(18)23(19-8-5-10-21(15-19)28-2)17-29-14-13-25-12-6-9-20(16-25)24(26)27;/h3-5,7-8,10-11,15,17,20H,6,9,12-14,16H2,1-2H3,(H,26,27);1H/t20-;/m1./s1. The van der Waals surface area contributed by atoms with Crippen LogP contribution in [-0.4, -0.2) is 49.3 Å². The van der Waals surface area contributed by atoms with E-state index >= 15 is 0 Å². The molecule has 2 aromatic rings. The van der Waals surface area contributed by atoms with Gasteiger partial charge in [-0.05, 0) is 55.1 Å². The van der Waals surface area contributed by atoms with E-state index in [1.54, 1.807) is 7.11 Å². The molecule has 162 valence electrons. The normalized spacial score (nSPS) is 17.1. The summed E-state index contributed by atoms with van der Waals surface area (Å²) in [5.41, 5.74) is 4.32. The monoisotopic (exact) mass is 431 g/mol. The highest BCUT2D eigenvalue weighted by atomic mass is 35.5. The third-order valence-electron chi connectivity index (χ3n) is 5.40. The third-order valence-corrected chi connectivity index (χ3v) is 5.40. The smallest absolute Gasteiger partial charge is 0.307 e. The molecule has 1 heterocycles. The summed E-state index contributed by atoms with van der Waals surface area (Å²) in [7, 11) is 1.66. The van der Waals surface area contributed by atoms with Gasteiger partial charge in [0, 0.05) is 18.7 Å². The molecule has 0 aromatic heterocycles. The van der Waals surface area contributed by atoms with Gasteiger partial charge in [-0.2, -0.15) is 0 Å². The van der Waals surface area contributed by atoms with Crippen molar-refractivity contribution in [2.75, 3.05) is 33.4 Å². The van der Waals surface area contributed by atoms with Gasteiger partial charge in [0.2, 0.25) is 0 Å². The van der Waals surface area contributed by atoms with Crippen LogP contribution in [0.2, 0.25) is 0 Å². The first kappa shape index (κ1) is 23.8. The van der Waals surface area contributed by atoms with Crippen molar-refractivity contribution in [2.45, 2.75) is 19.8 Å². The first-order valence-corrected chi connectivity index (χ1v) is 10.1. The van der Waals surface area contributed by atoms with Crippen LogP contribution >= 0.6 is 12.4 Å². The molecule has 1 saturated heterocycles. The SMILES string of the molecule is COc1cccc(C(=COCCN2CCC[C@@H](C(=O)O)C2)c2ccccc2C)c1.Cl. The lowest BCUT2D eigenvalue weighted by molar-refractivity contribution is -0.143. The van der Waals surface area contributed by atoms with Gasteiger partial charge in [0.25, 0.3) is 0 Å². The summed E-state index contributed by atoms with van der Waals surface area (Å²) in [5, 5.41) is 9.24. The minimum atomic E-state index is -0.699. The second-order valence-electron chi connectivity index (χ2n) is 7.43. The average Bonchev–Trinajstić information content (AvgIpc) is 2.75. The van der Waals surface area contributed by atoms with E-state index in [0.29, 0.717) is 13.2 Å². The molecule has 0 amide bonds. The number of aliphatic carboxylic acids is 1. The van der Waals surface area contributed by atoms with Gasteiger partial charge < -0.3 is 14.6 Å². The van der Waals surface area contributed by atoms with Crippen molar-refractivity contribution >= 4 is 23.9 Å². The molecule has 0 radical (unpaired) electrons. The van der Waals surface area contributed by atoms with E-state index in [1.807, 2.05) is 42.7 Å². The molecule has 0 spiro atoms. The Kier molecular flexibility index (Phi) is 9.21. The molecule has 0 unspecified atom stereocenters. The maximum absolute atomic E-state index is 11.2. The van der Waals surface area contributed by atoms with Crippen LogP contribution in [-0.2, 0) is 9.53 Å². The molecular weight excluding hydrogens is 402 g/mol. The number of carboxylic acid groups (broad SMARTS) is 1. The summed E-state index contributed by atoms with van der Waals surface area (Å²) >= 11 is 0. The van der Waals surface area contributed by atoms with Crippen LogP contribution in [0.5, 0.6) is 5.75 Å². The Bertz CT molecular complexity index is 868. The minimum Gasteiger partial charge on any atom is -0.499 e. The van der Waals surface area contributed by atoms with Crippen molar-refractivity contribution < 1.29 is 19.4 Å². The lowest BCUT2D eigenvalue weighted by atomic mass is 9.95. The number of methoxy groups -OCH3 is 1. The number of carbonyl (C=O) groups is 1. The van der Waals surface area contributed by atoms with E-state index in [9.17, 15) is 9.90 Å². The molecule has 1 atom stereocenters. The molecule has 1 aliphatic heterocycles. The van der Waals surface area contributed by atoms with E-state index in [1.165, 1.54) is 5.56 Å². The van der Waals surface area contributed by atoms with Crippen LogP contribution in [0.3, 0.4) is 0 Å².